The maximum atomic E-state index is 5.95. The van der Waals surface area contributed by atoms with E-state index in [9.17, 15) is 0 Å². The number of aromatic nitrogens is 1. The van der Waals surface area contributed by atoms with Gasteiger partial charge in [-0.2, -0.15) is 0 Å². The molecule has 0 aliphatic carbocycles. The summed E-state index contributed by atoms with van der Waals surface area (Å²) in [7, 11) is 0. The van der Waals surface area contributed by atoms with Gasteiger partial charge in [0.2, 0.25) is 0 Å². The lowest BCUT2D eigenvalue weighted by Crippen LogP contribution is -2.17. The quantitative estimate of drug-likeness (QED) is 0.856. The molecule has 0 saturated heterocycles. The number of nitrogens with zero attached hydrogens (tertiary/aromatic N) is 1. The van der Waals surface area contributed by atoms with Crippen LogP contribution in [0.2, 0.25) is 0 Å². The summed E-state index contributed by atoms with van der Waals surface area (Å²) in [5.41, 5.74) is 8.73. The number of hydrogen-bond acceptors (Lipinski definition) is 2. The van der Waals surface area contributed by atoms with Gasteiger partial charge in [0.15, 0.2) is 0 Å². The first-order valence-electron chi connectivity index (χ1n) is 6.41. The highest BCUT2D eigenvalue weighted by Crippen LogP contribution is 2.43. The number of allylic oxidation sites excluding steroid dienone is 1. The lowest BCUT2D eigenvalue weighted by atomic mass is 9.96. The molecule has 3 heteroatoms. The molecule has 0 bridgehead atoms. The van der Waals surface area contributed by atoms with Crippen molar-refractivity contribution < 1.29 is 0 Å². The van der Waals surface area contributed by atoms with Gasteiger partial charge in [-0.15, -0.1) is 18.3 Å². The molecule has 0 fully saturated rings. The van der Waals surface area contributed by atoms with Gasteiger partial charge in [0, 0.05) is 29.1 Å². The Morgan fingerprint density at radius 2 is 2.28 bits per heavy atom. The summed E-state index contributed by atoms with van der Waals surface area (Å²) in [6.07, 6.45) is 3.16. The highest BCUT2D eigenvalue weighted by Gasteiger charge is 2.26. The van der Waals surface area contributed by atoms with E-state index in [1.807, 2.05) is 17.8 Å². The summed E-state index contributed by atoms with van der Waals surface area (Å²) in [4.78, 5) is 0. The molecule has 1 aromatic carbocycles. The molecule has 1 aromatic heterocycles. The number of rotatable bonds is 3. The third-order valence-electron chi connectivity index (χ3n) is 3.67. The molecule has 2 nitrogen and oxygen atoms in total. The van der Waals surface area contributed by atoms with Crippen molar-refractivity contribution in [1.82, 2.24) is 4.57 Å². The first-order valence-corrected chi connectivity index (χ1v) is 7.40. The fourth-order valence-corrected chi connectivity index (χ4v) is 4.20. The maximum absolute atomic E-state index is 5.95. The van der Waals surface area contributed by atoms with Crippen LogP contribution < -0.4 is 5.73 Å². The fourth-order valence-electron chi connectivity index (χ4n) is 2.85. The molecule has 0 radical (unpaired) electrons. The van der Waals surface area contributed by atoms with E-state index in [-0.39, 0.29) is 0 Å². The van der Waals surface area contributed by atoms with Crippen LogP contribution >= 0.6 is 11.8 Å². The SMILES string of the molecule is C=CCn1c2c(c3ccccc31)C(CN)CCS2. The lowest BCUT2D eigenvalue weighted by molar-refractivity contribution is 0.638. The number of thioether (sulfide) groups is 1. The zero-order valence-electron chi connectivity index (χ0n) is 10.4. The summed E-state index contributed by atoms with van der Waals surface area (Å²) in [6, 6.07) is 8.65. The van der Waals surface area contributed by atoms with Crippen LogP contribution in [0.5, 0.6) is 0 Å². The number of nitrogens with two attached hydrogens (primary N) is 1. The van der Waals surface area contributed by atoms with Crippen LogP contribution in [0.25, 0.3) is 10.9 Å². The van der Waals surface area contributed by atoms with Crippen LogP contribution in [0.3, 0.4) is 0 Å². The Kier molecular flexibility index (Phi) is 3.18. The molecule has 3 rings (SSSR count). The molecule has 0 saturated carbocycles. The minimum absolute atomic E-state index is 0.511. The minimum Gasteiger partial charge on any atom is -0.332 e. The normalized spacial score (nSPS) is 18.8. The highest BCUT2D eigenvalue weighted by atomic mass is 32.2. The van der Waals surface area contributed by atoms with Crippen LogP contribution in [-0.2, 0) is 6.54 Å². The Balaban J connectivity index is 2.30. The predicted molar refractivity (Wildman–Crippen MR) is 79.3 cm³/mol. The minimum atomic E-state index is 0.511. The van der Waals surface area contributed by atoms with Crippen molar-refractivity contribution in [2.24, 2.45) is 5.73 Å². The second-order valence-electron chi connectivity index (χ2n) is 4.71. The zero-order valence-corrected chi connectivity index (χ0v) is 11.2. The van der Waals surface area contributed by atoms with E-state index in [2.05, 4.69) is 35.4 Å². The Bertz CT molecular complexity index is 585. The van der Waals surface area contributed by atoms with Gasteiger partial charge in [-0.05, 0) is 24.6 Å². The van der Waals surface area contributed by atoms with Gasteiger partial charge in [0.25, 0.3) is 0 Å². The molecule has 94 valence electrons. The predicted octanol–water partition coefficient (Wildman–Crippen LogP) is 3.37. The van der Waals surface area contributed by atoms with Crippen LogP contribution in [0, 0.1) is 0 Å². The van der Waals surface area contributed by atoms with E-state index in [1.54, 1.807) is 0 Å². The Morgan fingerprint density at radius 3 is 3.06 bits per heavy atom. The van der Waals surface area contributed by atoms with E-state index in [1.165, 1.54) is 33.7 Å². The van der Waals surface area contributed by atoms with Gasteiger partial charge < -0.3 is 10.3 Å². The van der Waals surface area contributed by atoms with Gasteiger partial charge in [-0.3, -0.25) is 0 Å². The molecule has 2 heterocycles. The zero-order chi connectivity index (χ0) is 12.5. The van der Waals surface area contributed by atoms with Crippen molar-refractivity contribution in [3.05, 3.63) is 42.5 Å². The average Bonchev–Trinajstić information content (AvgIpc) is 2.74. The van der Waals surface area contributed by atoms with Gasteiger partial charge in [-0.1, -0.05) is 24.3 Å². The lowest BCUT2D eigenvalue weighted by Gasteiger charge is -2.22. The first kappa shape index (κ1) is 11.9. The molecule has 0 amide bonds. The van der Waals surface area contributed by atoms with E-state index in [4.69, 9.17) is 5.73 Å². The van der Waals surface area contributed by atoms with Crippen molar-refractivity contribution in [1.29, 1.82) is 0 Å². The van der Waals surface area contributed by atoms with Crippen molar-refractivity contribution >= 4 is 22.7 Å². The molecule has 1 unspecified atom stereocenters. The van der Waals surface area contributed by atoms with Gasteiger partial charge in [-0.25, -0.2) is 0 Å². The van der Waals surface area contributed by atoms with Gasteiger partial charge >= 0.3 is 0 Å². The van der Waals surface area contributed by atoms with E-state index >= 15 is 0 Å². The molecule has 18 heavy (non-hydrogen) atoms. The molecule has 0 spiro atoms. The molecule has 2 aromatic rings. The Labute approximate surface area is 112 Å². The molecule has 2 N–H and O–H groups in total. The molecule has 1 atom stereocenters. The summed E-state index contributed by atoms with van der Waals surface area (Å²) in [5, 5.41) is 2.77. The summed E-state index contributed by atoms with van der Waals surface area (Å²) in [6.45, 7) is 5.50. The maximum Gasteiger partial charge on any atom is 0.0798 e. The van der Waals surface area contributed by atoms with Crippen molar-refractivity contribution in [2.75, 3.05) is 12.3 Å². The monoisotopic (exact) mass is 258 g/mol. The number of para-hydroxylation sites is 1. The van der Waals surface area contributed by atoms with E-state index in [0.29, 0.717) is 5.92 Å². The van der Waals surface area contributed by atoms with Crippen LogP contribution in [0.1, 0.15) is 17.9 Å². The largest absolute Gasteiger partial charge is 0.332 e. The van der Waals surface area contributed by atoms with E-state index in [0.717, 1.165) is 13.1 Å². The van der Waals surface area contributed by atoms with E-state index < -0.39 is 0 Å². The summed E-state index contributed by atoms with van der Waals surface area (Å²) in [5.74, 6) is 1.68. The topological polar surface area (TPSA) is 30.9 Å². The van der Waals surface area contributed by atoms with Gasteiger partial charge in [0.05, 0.1) is 5.03 Å². The standard InChI is InChI=1S/C15H18N2S/c1-2-8-17-13-6-4-3-5-12(13)14-11(10-16)7-9-18-15(14)17/h2-6,11H,1,7-10,16H2. The molecule has 1 aliphatic heterocycles. The van der Waals surface area contributed by atoms with Crippen molar-refractivity contribution in [3.63, 3.8) is 0 Å². The number of hydrogen-bond donors (Lipinski definition) is 1. The highest BCUT2D eigenvalue weighted by molar-refractivity contribution is 7.99. The second kappa shape index (κ2) is 4.82. The summed E-state index contributed by atoms with van der Waals surface area (Å²) < 4.78 is 2.38. The third-order valence-corrected chi connectivity index (χ3v) is 4.82. The van der Waals surface area contributed by atoms with Crippen LogP contribution in [-0.4, -0.2) is 16.9 Å². The first-order chi connectivity index (χ1) is 8.86. The Morgan fingerprint density at radius 1 is 1.44 bits per heavy atom. The smallest absolute Gasteiger partial charge is 0.0798 e. The van der Waals surface area contributed by atoms with Crippen LogP contribution in [0.4, 0.5) is 0 Å². The van der Waals surface area contributed by atoms with Gasteiger partial charge in [0.1, 0.15) is 0 Å². The second-order valence-corrected chi connectivity index (χ2v) is 5.79. The molecular formula is C15H18N2S. The molecule has 1 aliphatic rings. The van der Waals surface area contributed by atoms with Crippen molar-refractivity contribution in [3.8, 4) is 0 Å². The third kappa shape index (κ3) is 1.70. The average molecular weight is 258 g/mol. The summed E-state index contributed by atoms with van der Waals surface area (Å²) >= 11 is 1.96. The van der Waals surface area contributed by atoms with Crippen molar-refractivity contribution in [2.45, 2.75) is 23.9 Å². The number of benzene rings is 1. The number of fused-ring (bicyclic) bond motifs is 3. The fraction of sp³-hybridized carbons (Fsp3) is 0.333. The molecular weight excluding hydrogens is 240 g/mol. The Hall–Kier alpha value is -1.19. The van der Waals surface area contributed by atoms with Crippen LogP contribution in [0.15, 0.2) is 41.9 Å².